The van der Waals surface area contributed by atoms with Crippen LogP contribution >= 0.6 is 34.5 Å². The van der Waals surface area contributed by atoms with E-state index >= 15 is 0 Å². The van der Waals surface area contributed by atoms with Crippen LogP contribution in [-0.2, 0) is 6.54 Å². The third-order valence-electron chi connectivity index (χ3n) is 2.65. The zero-order valence-electron chi connectivity index (χ0n) is 10.0. The number of thiophene rings is 1. The van der Waals surface area contributed by atoms with Crippen LogP contribution in [0.1, 0.15) is 20.1 Å². The second-order valence-corrected chi connectivity index (χ2v) is 6.02. The van der Waals surface area contributed by atoms with Gasteiger partial charge in [-0.25, -0.2) is 4.79 Å². The van der Waals surface area contributed by atoms with Gasteiger partial charge in [0.05, 0.1) is 15.7 Å². The molecule has 0 aliphatic heterocycles. The van der Waals surface area contributed by atoms with Gasteiger partial charge in [-0.3, -0.25) is 0 Å². The van der Waals surface area contributed by atoms with Gasteiger partial charge in [-0.2, -0.15) is 0 Å². The molecule has 0 saturated heterocycles. The molecule has 100 valence electrons. The van der Waals surface area contributed by atoms with E-state index in [-0.39, 0.29) is 0 Å². The third-order valence-corrected chi connectivity index (χ3v) is 4.36. The van der Waals surface area contributed by atoms with Crippen LogP contribution < -0.4 is 5.32 Å². The first kappa shape index (κ1) is 14.2. The van der Waals surface area contributed by atoms with Crippen molar-refractivity contribution in [1.82, 2.24) is 0 Å². The number of carboxylic acids is 1. The van der Waals surface area contributed by atoms with Crippen LogP contribution in [0.2, 0.25) is 10.0 Å². The largest absolute Gasteiger partial charge is 0.477 e. The van der Waals surface area contributed by atoms with Crippen molar-refractivity contribution in [2.24, 2.45) is 0 Å². The van der Waals surface area contributed by atoms with Crippen LogP contribution in [-0.4, -0.2) is 11.1 Å². The molecular weight excluding hydrogens is 305 g/mol. The molecule has 3 nitrogen and oxygen atoms in total. The van der Waals surface area contributed by atoms with Crippen LogP contribution in [0.3, 0.4) is 0 Å². The first-order chi connectivity index (χ1) is 8.99. The molecule has 0 spiro atoms. The number of nitrogens with one attached hydrogen (secondary N) is 1. The van der Waals surface area contributed by atoms with Crippen LogP contribution in [0.15, 0.2) is 24.3 Å². The van der Waals surface area contributed by atoms with Gasteiger partial charge < -0.3 is 10.4 Å². The van der Waals surface area contributed by atoms with Crippen molar-refractivity contribution in [1.29, 1.82) is 0 Å². The fourth-order valence-electron chi connectivity index (χ4n) is 1.65. The number of aryl methyl sites for hydroxylation is 1. The normalized spacial score (nSPS) is 10.5. The molecule has 0 saturated carbocycles. The Kier molecular flexibility index (Phi) is 4.34. The molecule has 0 aliphatic carbocycles. The Morgan fingerprint density at radius 2 is 2.00 bits per heavy atom. The summed E-state index contributed by atoms with van der Waals surface area (Å²) in [5.41, 5.74) is 1.59. The lowest BCUT2D eigenvalue weighted by molar-refractivity contribution is 0.0702. The molecule has 0 amide bonds. The maximum absolute atomic E-state index is 10.9. The summed E-state index contributed by atoms with van der Waals surface area (Å²) < 4.78 is 0. The minimum atomic E-state index is -0.907. The van der Waals surface area contributed by atoms with Gasteiger partial charge in [0.1, 0.15) is 4.88 Å². The first-order valence-corrected chi connectivity index (χ1v) is 7.06. The lowest BCUT2D eigenvalue weighted by Gasteiger charge is -2.09. The van der Waals surface area contributed by atoms with Gasteiger partial charge in [0.15, 0.2) is 0 Å². The number of benzene rings is 1. The van der Waals surface area contributed by atoms with Gasteiger partial charge in [0.25, 0.3) is 0 Å². The van der Waals surface area contributed by atoms with E-state index in [2.05, 4.69) is 5.32 Å². The molecule has 6 heteroatoms. The summed E-state index contributed by atoms with van der Waals surface area (Å²) in [6, 6.07) is 6.94. The molecule has 2 rings (SSSR count). The number of carbonyl (C=O) groups is 1. The Bertz CT molecular complexity index is 605. The average molecular weight is 316 g/mol. The second kappa shape index (κ2) is 5.82. The lowest BCUT2D eigenvalue weighted by atomic mass is 10.2. The van der Waals surface area contributed by atoms with E-state index in [9.17, 15) is 4.79 Å². The molecule has 1 aromatic carbocycles. The number of hydrogen-bond acceptors (Lipinski definition) is 3. The predicted molar refractivity (Wildman–Crippen MR) is 79.8 cm³/mol. The van der Waals surface area contributed by atoms with Crippen molar-refractivity contribution < 1.29 is 9.90 Å². The quantitative estimate of drug-likeness (QED) is 0.861. The minimum Gasteiger partial charge on any atom is -0.477 e. The topological polar surface area (TPSA) is 49.3 Å². The summed E-state index contributed by atoms with van der Waals surface area (Å²) in [6.07, 6.45) is 0. The second-order valence-electron chi connectivity index (χ2n) is 3.95. The summed E-state index contributed by atoms with van der Waals surface area (Å²) in [6.45, 7) is 2.38. The minimum absolute atomic E-state index is 0.333. The molecule has 0 unspecified atom stereocenters. The fourth-order valence-corrected chi connectivity index (χ4v) is 3.06. The van der Waals surface area contributed by atoms with Crippen molar-refractivity contribution in [2.75, 3.05) is 5.32 Å². The molecule has 0 bridgehead atoms. The smallest absolute Gasteiger partial charge is 0.345 e. The van der Waals surface area contributed by atoms with Crippen LogP contribution in [0, 0.1) is 6.92 Å². The van der Waals surface area contributed by atoms with Crippen LogP contribution in [0.5, 0.6) is 0 Å². The highest BCUT2D eigenvalue weighted by atomic mass is 35.5. The van der Waals surface area contributed by atoms with Crippen molar-refractivity contribution in [3.63, 3.8) is 0 Å². The maximum Gasteiger partial charge on any atom is 0.345 e. The van der Waals surface area contributed by atoms with Gasteiger partial charge in [0.2, 0.25) is 0 Å². The predicted octanol–water partition coefficient (Wildman–Crippen LogP) is 4.67. The van der Waals surface area contributed by atoms with Gasteiger partial charge in [-0.15, -0.1) is 11.3 Å². The van der Waals surface area contributed by atoms with Crippen LogP contribution in [0.25, 0.3) is 0 Å². The van der Waals surface area contributed by atoms with E-state index in [1.54, 1.807) is 24.3 Å². The summed E-state index contributed by atoms with van der Waals surface area (Å²) in [5.74, 6) is -0.907. The molecule has 0 radical (unpaired) electrons. The van der Waals surface area contributed by atoms with Crippen LogP contribution in [0.4, 0.5) is 5.69 Å². The summed E-state index contributed by atoms with van der Waals surface area (Å²) >= 11 is 13.4. The average Bonchev–Trinajstić information content (AvgIpc) is 2.70. The zero-order chi connectivity index (χ0) is 14.0. The molecule has 0 atom stereocenters. The third kappa shape index (κ3) is 3.21. The number of para-hydroxylation sites is 1. The summed E-state index contributed by atoms with van der Waals surface area (Å²) in [7, 11) is 0. The Morgan fingerprint density at radius 1 is 1.37 bits per heavy atom. The first-order valence-electron chi connectivity index (χ1n) is 5.49. The molecule has 2 N–H and O–H groups in total. The van der Waals surface area contributed by atoms with E-state index in [1.165, 1.54) is 11.3 Å². The standard InChI is InChI=1S/C13H11Cl2NO2S/c1-7-8(5-11(19-7)13(17)18)6-16-12-9(14)3-2-4-10(12)15/h2-5,16H,6H2,1H3,(H,17,18). The van der Waals surface area contributed by atoms with Crippen molar-refractivity contribution in [3.8, 4) is 0 Å². The van der Waals surface area contributed by atoms with E-state index in [0.29, 0.717) is 27.2 Å². The van der Waals surface area contributed by atoms with Gasteiger partial charge >= 0.3 is 5.97 Å². The zero-order valence-corrected chi connectivity index (χ0v) is 12.4. The van der Waals surface area contributed by atoms with Crippen molar-refractivity contribution >= 4 is 46.2 Å². The highest BCUT2D eigenvalue weighted by Crippen LogP contribution is 2.31. The fraction of sp³-hybridized carbons (Fsp3) is 0.154. The summed E-state index contributed by atoms with van der Waals surface area (Å²) in [5, 5.41) is 13.2. The number of anilines is 1. The molecule has 0 fully saturated rings. The van der Waals surface area contributed by atoms with Gasteiger partial charge in [0, 0.05) is 11.4 Å². The Labute approximate surface area is 124 Å². The van der Waals surface area contributed by atoms with E-state index < -0.39 is 5.97 Å². The lowest BCUT2D eigenvalue weighted by Crippen LogP contribution is -2.01. The monoisotopic (exact) mass is 315 g/mol. The van der Waals surface area contributed by atoms with Crippen molar-refractivity contribution in [2.45, 2.75) is 13.5 Å². The Balaban J connectivity index is 2.17. The number of carboxylic acid groups (broad SMARTS) is 1. The van der Waals surface area contributed by atoms with Gasteiger partial charge in [-0.1, -0.05) is 29.3 Å². The molecular formula is C13H11Cl2NO2S. The number of hydrogen-bond donors (Lipinski definition) is 2. The van der Waals surface area contributed by atoms with E-state index in [4.69, 9.17) is 28.3 Å². The summed E-state index contributed by atoms with van der Waals surface area (Å²) in [4.78, 5) is 12.2. The molecule has 1 aromatic heterocycles. The molecule has 0 aliphatic rings. The highest BCUT2D eigenvalue weighted by Gasteiger charge is 2.12. The molecule has 19 heavy (non-hydrogen) atoms. The molecule has 1 heterocycles. The Morgan fingerprint density at radius 3 is 2.53 bits per heavy atom. The number of halogens is 2. The van der Waals surface area contributed by atoms with E-state index in [0.717, 1.165) is 10.4 Å². The van der Waals surface area contributed by atoms with E-state index in [1.807, 2.05) is 6.92 Å². The molecule has 2 aromatic rings. The van der Waals surface area contributed by atoms with Gasteiger partial charge in [-0.05, 0) is 30.7 Å². The number of aromatic carboxylic acids is 1. The Hall–Kier alpha value is -1.23. The maximum atomic E-state index is 10.9. The number of rotatable bonds is 4. The van der Waals surface area contributed by atoms with Crippen molar-refractivity contribution in [3.05, 3.63) is 49.6 Å². The highest BCUT2D eigenvalue weighted by molar-refractivity contribution is 7.14. The SMILES string of the molecule is Cc1sc(C(=O)O)cc1CNc1c(Cl)cccc1Cl.